The van der Waals surface area contributed by atoms with Crippen LogP contribution in [0.25, 0.3) is 11.0 Å². The number of sulfonamides is 1. The van der Waals surface area contributed by atoms with Gasteiger partial charge in [-0.1, -0.05) is 18.2 Å². The Kier molecular flexibility index (Phi) is 4.59. The predicted octanol–water partition coefficient (Wildman–Crippen LogP) is 3.29. The molecule has 1 heterocycles. The Morgan fingerprint density at radius 1 is 1.00 bits per heavy atom. The topological polar surface area (TPSA) is 76.4 Å². The zero-order chi connectivity index (χ0) is 18.9. The standard InChI is InChI=1S/C17H12F3NO4S/c18-17(19,20)13-3-1-2-11(8-13)10-21-26(23,24)14-5-6-15-12(9-14)4-7-16(22)25-15/h1-9,21H,10H2. The van der Waals surface area contributed by atoms with Gasteiger partial charge in [0.25, 0.3) is 0 Å². The van der Waals surface area contributed by atoms with Gasteiger partial charge in [0.2, 0.25) is 10.0 Å². The molecule has 2 aromatic carbocycles. The maximum Gasteiger partial charge on any atom is 0.416 e. The van der Waals surface area contributed by atoms with Gasteiger partial charge in [-0.15, -0.1) is 0 Å². The lowest BCUT2D eigenvalue weighted by atomic mass is 10.1. The van der Waals surface area contributed by atoms with Crippen molar-refractivity contribution in [3.63, 3.8) is 0 Å². The van der Waals surface area contributed by atoms with Crippen LogP contribution in [-0.4, -0.2) is 8.42 Å². The number of hydrogen-bond donors (Lipinski definition) is 1. The molecule has 1 N–H and O–H groups in total. The van der Waals surface area contributed by atoms with Gasteiger partial charge in [-0.2, -0.15) is 13.2 Å². The van der Waals surface area contributed by atoms with E-state index in [2.05, 4.69) is 4.72 Å². The third-order valence-corrected chi connectivity index (χ3v) is 5.02. The van der Waals surface area contributed by atoms with Crippen LogP contribution in [0.5, 0.6) is 0 Å². The van der Waals surface area contributed by atoms with Gasteiger partial charge < -0.3 is 4.42 Å². The summed E-state index contributed by atoms with van der Waals surface area (Å²) in [6.07, 6.45) is -4.50. The number of alkyl halides is 3. The van der Waals surface area contributed by atoms with Crippen LogP contribution in [0.2, 0.25) is 0 Å². The first-order chi connectivity index (χ1) is 12.1. The van der Waals surface area contributed by atoms with E-state index in [1.54, 1.807) is 0 Å². The number of rotatable bonds is 4. The van der Waals surface area contributed by atoms with Crippen molar-refractivity contribution in [2.75, 3.05) is 0 Å². The van der Waals surface area contributed by atoms with Crippen molar-refractivity contribution in [1.82, 2.24) is 4.72 Å². The van der Waals surface area contributed by atoms with E-state index in [-0.39, 0.29) is 22.6 Å². The summed E-state index contributed by atoms with van der Waals surface area (Å²) < 4.78 is 70.1. The fourth-order valence-corrected chi connectivity index (χ4v) is 3.39. The van der Waals surface area contributed by atoms with Gasteiger partial charge in [-0.3, -0.25) is 0 Å². The Labute approximate surface area is 146 Å². The summed E-state index contributed by atoms with van der Waals surface area (Å²) in [7, 11) is -3.96. The van der Waals surface area contributed by atoms with Gasteiger partial charge >= 0.3 is 11.8 Å². The fraction of sp³-hybridized carbons (Fsp3) is 0.118. The molecule has 0 unspecified atom stereocenters. The minimum Gasteiger partial charge on any atom is -0.423 e. The van der Waals surface area contributed by atoms with Gasteiger partial charge in [0, 0.05) is 18.0 Å². The lowest BCUT2D eigenvalue weighted by Gasteiger charge is -2.10. The SMILES string of the molecule is O=c1ccc2cc(S(=O)(=O)NCc3cccc(C(F)(F)F)c3)ccc2o1. The minimum absolute atomic E-state index is 0.0918. The van der Waals surface area contributed by atoms with Crippen LogP contribution in [0.4, 0.5) is 13.2 Å². The van der Waals surface area contributed by atoms with Gasteiger partial charge in [0.05, 0.1) is 10.5 Å². The Hall–Kier alpha value is -2.65. The molecular weight excluding hydrogens is 371 g/mol. The van der Waals surface area contributed by atoms with E-state index in [9.17, 15) is 26.4 Å². The van der Waals surface area contributed by atoms with Gasteiger partial charge in [0.15, 0.2) is 0 Å². The van der Waals surface area contributed by atoms with Crippen molar-refractivity contribution in [3.8, 4) is 0 Å². The molecule has 0 atom stereocenters. The summed E-state index contributed by atoms with van der Waals surface area (Å²) in [4.78, 5) is 11.1. The second-order valence-corrected chi connectivity index (χ2v) is 7.24. The van der Waals surface area contributed by atoms with E-state index >= 15 is 0 Å². The third-order valence-electron chi connectivity index (χ3n) is 3.62. The van der Waals surface area contributed by atoms with E-state index in [0.29, 0.717) is 5.39 Å². The summed E-state index contributed by atoms with van der Waals surface area (Å²) in [5.74, 6) is 0. The number of halogens is 3. The molecule has 0 amide bonds. The average molecular weight is 383 g/mol. The molecule has 0 spiro atoms. The zero-order valence-electron chi connectivity index (χ0n) is 13.1. The molecule has 3 rings (SSSR count). The highest BCUT2D eigenvalue weighted by Gasteiger charge is 2.30. The number of hydrogen-bond acceptors (Lipinski definition) is 4. The van der Waals surface area contributed by atoms with E-state index < -0.39 is 27.4 Å². The first-order valence-corrected chi connectivity index (χ1v) is 8.83. The summed E-state index contributed by atoms with van der Waals surface area (Å²) in [5, 5.41) is 0.409. The Morgan fingerprint density at radius 3 is 2.50 bits per heavy atom. The van der Waals surface area contributed by atoms with Crippen LogP contribution in [-0.2, 0) is 22.7 Å². The van der Waals surface area contributed by atoms with Crippen LogP contribution in [0, 0.1) is 0 Å². The predicted molar refractivity (Wildman–Crippen MR) is 88.0 cm³/mol. The number of nitrogens with one attached hydrogen (secondary N) is 1. The van der Waals surface area contributed by atoms with Crippen LogP contribution < -0.4 is 10.3 Å². The van der Waals surface area contributed by atoms with Crippen molar-refractivity contribution in [2.45, 2.75) is 17.6 Å². The summed E-state index contributed by atoms with van der Waals surface area (Å²) in [5.41, 5.74) is -1.00. The van der Waals surface area contributed by atoms with E-state index in [4.69, 9.17) is 4.42 Å². The monoisotopic (exact) mass is 383 g/mol. The molecule has 0 aliphatic heterocycles. The zero-order valence-corrected chi connectivity index (χ0v) is 13.9. The molecule has 26 heavy (non-hydrogen) atoms. The molecule has 0 fully saturated rings. The van der Waals surface area contributed by atoms with Crippen LogP contribution >= 0.6 is 0 Å². The smallest absolute Gasteiger partial charge is 0.416 e. The van der Waals surface area contributed by atoms with Gasteiger partial charge in [0.1, 0.15) is 5.58 Å². The lowest BCUT2D eigenvalue weighted by Crippen LogP contribution is -2.23. The number of benzene rings is 2. The summed E-state index contributed by atoms with van der Waals surface area (Å²) in [6.45, 7) is -0.297. The molecule has 0 bridgehead atoms. The molecule has 5 nitrogen and oxygen atoms in total. The van der Waals surface area contributed by atoms with E-state index in [1.807, 2.05) is 0 Å². The first-order valence-electron chi connectivity index (χ1n) is 7.35. The molecule has 9 heteroatoms. The highest BCUT2D eigenvalue weighted by atomic mass is 32.2. The molecule has 0 radical (unpaired) electrons. The first kappa shape index (κ1) is 18.2. The molecule has 0 saturated heterocycles. The summed E-state index contributed by atoms with van der Waals surface area (Å²) >= 11 is 0. The van der Waals surface area contributed by atoms with Crippen LogP contribution in [0.3, 0.4) is 0 Å². The van der Waals surface area contributed by atoms with Crippen LogP contribution in [0.15, 0.2) is 68.7 Å². The normalized spacial score (nSPS) is 12.4. The Bertz CT molecular complexity index is 1120. The van der Waals surface area contributed by atoms with Crippen molar-refractivity contribution in [2.24, 2.45) is 0 Å². The van der Waals surface area contributed by atoms with Crippen LogP contribution in [0.1, 0.15) is 11.1 Å². The molecule has 136 valence electrons. The fourth-order valence-electron chi connectivity index (χ4n) is 2.34. The molecule has 0 aliphatic rings. The minimum atomic E-state index is -4.50. The second kappa shape index (κ2) is 6.58. The molecule has 3 aromatic rings. The molecule has 0 aliphatic carbocycles. The van der Waals surface area contributed by atoms with E-state index in [1.165, 1.54) is 36.4 Å². The second-order valence-electron chi connectivity index (χ2n) is 5.48. The van der Waals surface area contributed by atoms with Crippen molar-refractivity contribution in [3.05, 3.63) is 76.1 Å². The highest BCUT2D eigenvalue weighted by molar-refractivity contribution is 7.89. The number of fused-ring (bicyclic) bond motifs is 1. The highest BCUT2D eigenvalue weighted by Crippen LogP contribution is 2.29. The lowest BCUT2D eigenvalue weighted by molar-refractivity contribution is -0.137. The quantitative estimate of drug-likeness (QED) is 0.702. The van der Waals surface area contributed by atoms with Gasteiger partial charge in [-0.05, 0) is 35.9 Å². The summed E-state index contributed by atoms with van der Waals surface area (Å²) in [6, 6.07) is 10.9. The van der Waals surface area contributed by atoms with Crippen molar-refractivity contribution >= 4 is 21.0 Å². The van der Waals surface area contributed by atoms with Crippen molar-refractivity contribution in [1.29, 1.82) is 0 Å². The van der Waals surface area contributed by atoms with Gasteiger partial charge in [-0.25, -0.2) is 17.9 Å². The van der Waals surface area contributed by atoms with Crippen molar-refractivity contribution < 1.29 is 26.0 Å². The average Bonchev–Trinajstić information content (AvgIpc) is 2.59. The third kappa shape index (κ3) is 3.94. The molecule has 0 saturated carbocycles. The maximum absolute atomic E-state index is 12.7. The molecule has 1 aromatic heterocycles. The molecular formula is C17H12F3NO4S. The van der Waals surface area contributed by atoms with E-state index in [0.717, 1.165) is 18.2 Å². The Morgan fingerprint density at radius 2 is 1.77 bits per heavy atom. The largest absolute Gasteiger partial charge is 0.423 e. The maximum atomic E-state index is 12.7. The Balaban J connectivity index is 1.83.